The summed E-state index contributed by atoms with van der Waals surface area (Å²) in [6, 6.07) is 6.00. The monoisotopic (exact) mass is 207 g/mol. The maximum atomic E-state index is 5.56. The summed E-state index contributed by atoms with van der Waals surface area (Å²) in [4.78, 5) is 4.39. The van der Waals surface area contributed by atoms with E-state index in [1.54, 1.807) is 0 Å². The third kappa shape index (κ3) is 4.30. The summed E-state index contributed by atoms with van der Waals surface area (Å²) in [6.07, 6.45) is 1.02. The van der Waals surface area contributed by atoms with Crippen molar-refractivity contribution in [2.24, 2.45) is 11.1 Å². The number of aromatic nitrogens is 1. The van der Waals surface area contributed by atoms with Gasteiger partial charge in [0.2, 0.25) is 0 Å². The van der Waals surface area contributed by atoms with Gasteiger partial charge in [-0.05, 0) is 37.4 Å². The lowest BCUT2D eigenvalue weighted by Gasteiger charge is -2.24. The van der Waals surface area contributed by atoms with E-state index in [9.17, 15) is 0 Å². The second-order valence-electron chi connectivity index (χ2n) is 4.72. The molecule has 0 atom stereocenters. The molecule has 0 fully saturated rings. The van der Waals surface area contributed by atoms with Gasteiger partial charge >= 0.3 is 0 Å². The number of aryl methyl sites for hydroxylation is 1. The maximum Gasteiger partial charge on any atom is 0.126 e. The zero-order chi connectivity index (χ0) is 11.3. The fourth-order valence-corrected chi connectivity index (χ4v) is 1.45. The molecule has 15 heavy (non-hydrogen) atoms. The first-order chi connectivity index (χ1) is 7.03. The second-order valence-corrected chi connectivity index (χ2v) is 4.72. The quantitative estimate of drug-likeness (QED) is 0.778. The SMILES string of the molecule is Cc1cccc(NCC(C)(C)CCN)n1. The molecular formula is C12H21N3. The standard InChI is InChI=1S/C12H21N3/c1-10-5-4-6-11(15-10)14-9-12(2,3)7-8-13/h4-6H,7-9,13H2,1-3H3,(H,14,15). The molecular weight excluding hydrogens is 186 g/mol. The molecule has 3 N–H and O–H groups in total. The van der Waals surface area contributed by atoms with Crippen LogP contribution in [0.5, 0.6) is 0 Å². The number of anilines is 1. The number of hydrogen-bond acceptors (Lipinski definition) is 3. The van der Waals surface area contributed by atoms with Gasteiger partial charge in [0.25, 0.3) is 0 Å². The molecule has 0 radical (unpaired) electrons. The minimum absolute atomic E-state index is 0.222. The number of hydrogen-bond donors (Lipinski definition) is 2. The summed E-state index contributed by atoms with van der Waals surface area (Å²) in [5.74, 6) is 0.945. The van der Waals surface area contributed by atoms with Crippen molar-refractivity contribution >= 4 is 5.82 Å². The van der Waals surface area contributed by atoms with Crippen molar-refractivity contribution in [3.8, 4) is 0 Å². The lowest BCUT2D eigenvalue weighted by Crippen LogP contribution is -2.26. The Morgan fingerprint density at radius 2 is 2.13 bits per heavy atom. The fraction of sp³-hybridized carbons (Fsp3) is 0.583. The van der Waals surface area contributed by atoms with Crippen molar-refractivity contribution in [3.05, 3.63) is 23.9 Å². The normalized spacial score (nSPS) is 11.5. The Morgan fingerprint density at radius 3 is 2.73 bits per heavy atom. The Morgan fingerprint density at radius 1 is 1.40 bits per heavy atom. The van der Waals surface area contributed by atoms with Gasteiger partial charge in [0.05, 0.1) is 0 Å². The number of rotatable bonds is 5. The Kier molecular flexibility index (Phi) is 4.09. The number of pyridine rings is 1. The van der Waals surface area contributed by atoms with Crippen LogP contribution in [-0.4, -0.2) is 18.1 Å². The molecule has 1 aromatic heterocycles. The van der Waals surface area contributed by atoms with Crippen molar-refractivity contribution in [1.82, 2.24) is 4.98 Å². The Balaban J connectivity index is 2.49. The smallest absolute Gasteiger partial charge is 0.126 e. The van der Waals surface area contributed by atoms with Gasteiger partial charge in [-0.3, -0.25) is 0 Å². The summed E-state index contributed by atoms with van der Waals surface area (Å²) in [5.41, 5.74) is 6.83. The molecule has 0 spiro atoms. The zero-order valence-corrected chi connectivity index (χ0v) is 9.88. The molecule has 0 aromatic carbocycles. The molecule has 1 aromatic rings. The van der Waals surface area contributed by atoms with E-state index in [-0.39, 0.29) is 5.41 Å². The largest absolute Gasteiger partial charge is 0.370 e. The summed E-state index contributed by atoms with van der Waals surface area (Å²) in [7, 11) is 0. The lowest BCUT2D eigenvalue weighted by atomic mass is 9.89. The minimum Gasteiger partial charge on any atom is -0.370 e. The highest BCUT2D eigenvalue weighted by atomic mass is 15.0. The van der Waals surface area contributed by atoms with Crippen LogP contribution in [0.2, 0.25) is 0 Å². The van der Waals surface area contributed by atoms with Crippen molar-refractivity contribution in [2.45, 2.75) is 27.2 Å². The average Bonchev–Trinajstić information content (AvgIpc) is 2.15. The third-order valence-corrected chi connectivity index (χ3v) is 2.46. The topological polar surface area (TPSA) is 50.9 Å². The van der Waals surface area contributed by atoms with Gasteiger partial charge in [-0.2, -0.15) is 0 Å². The number of nitrogens with one attached hydrogen (secondary N) is 1. The molecule has 0 bridgehead atoms. The van der Waals surface area contributed by atoms with Crippen LogP contribution in [0.3, 0.4) is 0 Å². The van der Waals surface area contributed by atoms with Crippen LogP contribution in [0, 0.1) is 12.3 Å². The Bertz CT molecular complexity index is 307. The van der Waals surface area contributed by atoms with Gasteiger partial charge in [-0.1, -0.05) is 19.9 Å². The van der Waals surface area contributed by atoms with Gasteiger partial charge in [0.15, 0.2) is 0 Å². The molecule has 0 unspecified atom stereocenters. The van der Waals surface area contributed by atoms with Crippen LogP contribution in [0.4, 0.5) is 5.82 Å². The first kappa shape index (κ1) is 12.0. The van der Waals surface area contributed by atoms with Crippen LogP contribution >= 0.6 is 0 Å². The molecule has 0 saturated carbocycles. The maximum absolute atomic E-state index is 5.56. The van der Waals surface area contributed by atoms with E-state index in [2.05, 4.69) is 24.1 Å². The van der Waals surface area contributed by atoms with Crippen molar-refractivity contribution in [3.63, 3.8) is 0 Å². The fourth-order valence-electron chi connectivity index (χ4n) is 1.45. The summed E-state index contributed by atoms with van der Waals surface area (Å²) >= 11 is 0. The molecule has 0 aliphatic heterocycles. The van der Waals surface area contributed by atoms with Crippen molar-refractivity contribution in [1.29, 1.82) is 0 Å². The predicted molar refractivity (Wildman–Crippen MR) is 64.9 cm³/mol. The Hall–Kier alpha value is -1.09. The lowest BCUT2D eigenvalue weighted by molar-refractivity contribution is 0.365. The van der Waals surface area contributed by atoms with E-state index in [0.29, 0.717) is 0 Å². The van der Waals surface area contributed by atoms with E-state index < -0.39 is 0 Å². The molecule has 3 nitrogen and oxygen atoms in total. The van der Waals surface area contributed by atoms with Gasteiger partial charge in [0, 0.05) is 12.2 Å². The van der Waals surface area contributed by atoms with Gasteiger partial charge in [0.1, 0.15) is 5.82 Å². The molecule has 0 saturated heterocycles. The van der Waals surface area contributed by atoms with E-state index >= 15 is 0 Å². The summed E-state index contributed by atoms with van der Waals surface area (Å²) in [5, 5.41) is 3.34. The van der Waals surface area contributed by atoms with E-state index in [1.165, 1.54) is 0 Å². The molecule has 1 heterocycles. The number of nitrogens with two attached hydrogens (primary N) is 1. The third-order valence-electron chi connectivity index (χ3n) is 2.46. The minimum atomic E-state index is 0.222. The summed E-state index contributed by atoms with van der Waals surface area (Å²) < 4.78 is 0. The second kappa shape index (κ2) is 5.12. The Labute approximate surface area is 92.1 Å². The van der Waals surface area contributed by atoms with Crippen molar-refractivity contribution in [2.75, 3.05) is 18.4 Å². The van der Waals surface area contributed by atoms with Gasteiger partial charge in [-0.15, -0.1) is 0 Å². The zero-order valence-electron chi connectivity index (χ0n) is 9.88. The highest BCUT2D eigenvalue weighted by Crippen LogP contribution is 2.19. The highest BCUT2D eigenvalue weighted by Gasteiger charge is 2.16. The molecule has 1 rings (SSSR count). The summed E-state index contributed by atoms with van der Waals surface area (Å²) in [6.45, 7) is 8.05. The first-order valence-corrected chi connectivity index (χ1v) is 5.41. The van der Waals surface area contributed by atoms with Crippen LogP contribution < -0.4 is 11.1 Å². The van der Waals surface area contributed by atoms with Crippen molar-refractivity contribution < 1.29 is 0 Å². The van der Waals surface area contributed by atoms with Crippen LogP contribution in [0.15, 0.2) is 18.2 Å². The van der Waals surface area contributed by atoms with E-state index in [0.717, 1.165) is 31.0 Å². The van der Waals surface area contributed by atoms with Crippen LogP contribution in [0.25, 0.3) is 0 Å². The molecule has 0 aliphatic carbocycles. The predicted octanol–water partition coefficient (Wildman–Crippen LogP) is 2.18. The molecule has 0 amide bonds. The number of nitrogens with zero attached hydrogens (tertiary/aromatic N) is 1. The van der Waals surface area contributed by atoms with Crippen LogP contribution in [0.1, 0.15) is 26.0 Å². The van der Waals surface area contributed by atoms with Gasteiger partial charge in [-0.25, -0.2) is 4.98 Å². The highest BCUT2D eigenvalue weighted by molar-refractivity contribution is 5.35. The average molecular weight is 207 g/mol. The van der Waals surface area contributed by atoms with E-state index in [1.807, 2.05) is 25.1 Å². The van der Waals surface area contributed by atoms with Crippen LogP contribution in [-0.2, 0) is 0 Å². The molecule has 84 valence electrons. The molecule has 3 heteroatoms. The first-order valence-electron chi connectivity index (χ1n) is 5.41. The molecule has 0 aliphatic rings. The van der Waals surface area contributed by atoms with E-state index in [4.69, 9.17) is 5.73 Å². The van der Waals surface area contributed by atoms with Gasteiger partial charge < -0.3 is 11.1 Å².